The zero-order valence-corrected chi connectivity index (χ0v) is 19.7. The van der Waals surface area contributed by atoms with Gasteiger partial charge in [-0.05, 0) is 47.7 Å². The van der Waals surface area contributed by atoms with E-state index in [4.69, 9.17) is 34.8 Å². The van der Waals surface area contributed by atoms with Crippen LogP contribution in [0.1, 0.15) is 38.3 Å². The Balaban J connectivity index is 2.30. The van der Waals surface area contributed by atoms with Crippen LogP contribution in [0.5, 0.6) is 0 Å². The zero-order valence-electron chi connectivity index (χ0n) is 17.4. The molecule has 7 heteroatoms. The maximum Gasteiger partial charge on any atom is 0.242 e. The molecular formula is C23H27Cl3N2O2. The number of carbonyl (C=O) groups is 2. The number of halogens is 3. The van der Waals surface area contributed by atoms with E-state index in [1.54, 1.807) is 35.2 Å². The van der Waals surface area contributed by atoms with Crippen LogP contribution in [-0.2, 0) is 22.6 Å². The van der Waals surface area contributed by atoms with Gasteiger partial charge in [0.1, 0.15) is 6.04 Å². The largest absolute Gasteiger partial charge is 0.354 e. The summed E-state index contributed by atoms with van der Waals surface area (Å²) in [6.45, 7) is 6.72. The van der Waals surface area contributed by atoms with Crippen LogP contribution in [0, 0.1) is 5.92 Å². The number of nitrogens with one attached hydrogen (secondary N) is 1. The maximum atomic E-state index is 13.3. The first-order valence-electron chi connectivity index (χ1n) is 9.96. The van der Waals surface area contributed by atoms with E-state index in [-0.39, 0.29) is 24.8 Å². The summed E-state index contributed by atoms with van der Waals surface area (Å²) in [7, 11) is 0. The lowest BCUT2D eigenvalue weighted by Crippen LogP contribution is -2.50. The first-order chi connectivity index (χ1) is 14.2. The molecule has 0 spiro atoms. The second-order valence-electron chi connectivity index (χ2n) is 7.62. The van der Waals surface area contributed by atoms with E-state index >= 15 is 0 Å². The topological polar surface area (TPSA) is 49.4 Å². The van der Waals surface area contributed by atoms with E-state index in [1.807, 2.05) is 32.9 Å². The molecule has 0 aliphatic rings. The van der Waals surface area contributed by atoms with Crippen molar-refractivity contribution in [3.63, 3.8) is 0 Å². The highest BCUT2D eigenvalue weighted by atomic mass is 35.5. The highest BCUT2D eigenvalue weighted by Crippen LogP contribution is 2.24. The molecular weight excluding hydrogens is 443 g/mol. The summed E-state index contributed by atoms with van der Waals surface area (Å²) in [4.78, 5) is 27.7. The molecule has 1 atom stereocenters. The van der Waals surface area contributed by atoms with Gasteiger partial charge in [-0.2, -0.15) is 0 Å². The quantitative estimate of drug-likeness (QED) is 0.507. The van der Waals surface area contributed by atoms with E-state index in [9.17, 15) is 9.59 Å². The highest BCUT2D eigenvalue weighted by Gasteiger charge is 2.29. The van der Waals surface area contributed by atoms with Gasteiger partial charge in [0.2, 0.25) is 11.8 Å². The van der Waals surface area contributed by atoms with Gasteiger partial charge in [-0.3, -0.25) is 9.59 Å². The summed E-state index contributed by atoms with van der Waals surface area (Å²) in [6, 6.07) is 11.7. The average molecular weight is 470 g/mol. The molecule has 0 aliphatic carbocycles. The smallest absolute Gasteiger partial charge is 0.242 e. The zero-order chi connectivity index (χ0) is 22.3. The summed E-state index contributed by atoms with van der Waals surface area (Å²) in [5, 5.41) is 4.53. The van der Waals surface area contributed by atoms with Crippen LogP contribution >= 0.6 is 34.8 Å². The molecule has 0 aromatic heterocycles. The van der Waals surface area contributed by atoms with Gasteiger partial charge < -0.3 is 10.2 Å². The van der Waals surface area contributed by atoms with E-state index in [2.05, 4.69) is 5.32 Å². The molecule has 2 amide bonds. The Hall–Kier alpha value is -1.75. The minimum atomic E-state index is -0.602. The van der Waals surface area contributed by atoms with Crippen LogP contribution in [0.2, 0.25) is 15.1 Å². The fraction of sp³-hybridized carbons (Fsp3) is 0.391. The number of hydrogen-bond donors (Lipinski definition) is 1. The second-order valence-corrected chi connectivity index (χ2v) is 8.90. The lowest BCUT2D eigenvalue weighted by molar-refractivity contribution is -0.141. The predicted molar refractivity (Wildman–Crippen MR) is 124 cm³/mol. The Kier molecular flexibility index (Phi) is 9.47. The van der Waals surface area contributed by atoms with Crippen molar-refractivity contribution in [3.8, 4) is 0 Å². The summed E-state index contributed by atoms with van der Waals surface area (Å²) in [5.74, 6) is -0.00832. The summed E-state index contributed by atoms with van der Waals surface area (Å²) < 4.78 is 0. The molecule has 0 aliphatic heterocycles. The first-order valence-corrected chi connectivity index (χ1v) is 11.1. The van der Waals surface area contributed by atoms with E-state index in [0.29, 0.717) is 34.0 Å². The van der Waals surface area contributed by atoms with Crippen LogP contribution in [0.3, 0.4) is 0 Å². The molecule has 0 fully saturated rings. The molecule has 2 aromatic rings. The van der Waals surface area contributed by atoms with Crippen molar-refractivity contribution in [2.24, 2.45) is 5.92 Å². The lowest BCUT2D eigenvalue weighted by atomic mass is 10.1. The summed E-state index contributed by atoms with van der Waals surface area (Å²) in [6.07, 6.45) is 0.651. The predicted octanol–water partition coefficient (Wildman–Crippen LogP) is 5.77. The molecule has 1 N–H and O–H groups in total. The standard InChI is InChI=1S/C23H27Cl3N2O2/c1-4-21(23(30)27-13-15(2)3)28(14-17-7-10-19(25)12-20(17)26)22(29)11-16-5-8-18(24)9-6-16/h5-10,12,15,21H,4,11,13-14H2,1-3H3,(H,27,30). The number of nitrogens with zero attached hydrogens (tertiary/aromatic N) is 1. The number of benzene rings is 2. The number of carbonyl (C=O) groups excluding carboxylic acids is 2. The Morgan fingerprint density at radius 1 is 1.00 bits per heavy atom. The van der Waals surface area contributed by atoms with Gasteiger partial charge in [0.25, 0.3) is 0 Å². The second kappa shape index (κ2) is 11.6. The van der Waals surface area contributed by atoms with Crippen LogP contribution in [0.15, 0.2) is 42.5 Å². The van der Waals surface area contributed by atoms with Crippen LogP contribution in [0.4, 0.5) is 0 Å². The summed E-state index contributed by atoms with van der Waals surface area (Å²) in [5.41, 5.74) is 1.56. The van der Waals surface area contributed by atoms with Gasteiger partial charge in [0, 0.05) is 28.2 Å². The minimum absolute atomic E-state index is 0.158. The Morgan fingerprint density at radius 2 is 1.63 bits per heavy atom. The van der Waals surface area contributed by atoms with Gasteiger partial charge in [-0.25, -0.2) is 0 Å². The van der Waals surface area contributed by atoms with E-state index in [0.717, 1.165) is 11.1 Å². The van der Waals surface area contributed by atoms with Gasteiger partial charge in [0.15, 0.2) is 0 Å². The third-order valence-corrected chi connectivity index (χ3v) is 5.53. The molecule has 0 saturated carbocycles. The summed E-state index contributed by atoms with van der Waals surface area (Å²) >= 11 is 18.3. The number of rotatable bonds is 9. The van der Waals surface area contributed by atoms with Crippen molar-refractivity contribution in [2.75, 3.05) is 6.54 Å². The van der Waals surface area contributed by atoms with Crippen LogP contribution in [-0.4, -0.2) is 29.3 Å². The molecule has 162 valence electrons. The Bertz CT molecular complexity index is 869. The van der Waals surface area contributed by atoms with Crippen molar-refractivity contribution in [1.29, 1.82) is 0 Å². The Morgan fingerprint density at radius 3 is 2.20 bits per heavy atom. The van der Waals surface area contributed by atoms with Crippen molar-refractivity contribution in [3.05, 3.63) is 68.7 Å². The fourth-order valence-corrected chi connectivity index (χ4v) is 3.65. The minimum Gasteiger partial charge on any atom is -0.354 e. The molecule has 1 unspecified atom stereocenters. The highest BCUT2D eigenvalue weighted by molar-refractivity contribution is 6.35. The van der Waals surface area contributed by atoms with Crippen molar-refractivity contribution in [2.45, 2.75) is 46.2 Å². The average Bonchev–Trinajstić information content (AvgIpc) is 2.69. The van der Waals surface area contributed by atoms with Crippen LogP contribution < -0.4 is 5.32 Å². The van der Waals surface area contributed by atoms with Crippen molar-refractivity contribution in [1.82, 2.24) is 10.2 Å². The van der Waals surface area contributed by atoms with Crippen LogP contribution in [0.25, 0.3) is 0 Å². The third kappa shape index (κ3) is 7.19. The first kappa shape index (κ1) is 24.5. The van der Waals surface area contributed by atoms with E-state index in [1.165, 1.54) is 0 Å². The maximum absolute atomic E-state index is 13.3. The van der Waals surface area contributed by atoms with Gasteiger partial charge in [-0.1, -0.05) is 73.8 Å². The molecule has 30 heavy (non-hydrogen) atoms. The SMILES string of the molecule is CCC(C(=O)NCC(C)C)N(Cc1ccc(Cl)cc1Cl)C(=O)Cc1ccc(Cl)cc1. The third-order valence-electron chi connectivity index (χ3n) is 4.69. The number of hydrogen-bond acceptors (Lipinski definition) is 2. The molecule has 0 saturated heterocycles. The molecule has 2 aromatic carbocycles. The van der Waals surface area contributed by atoms with Crippen molar-refractivity contribution >= 4 is 46.6 Å². The Labute approximate surface area is 193 Å². The van der Waals surface area contributed by atoms with Gasteiger partial charge in [-0.15, -0.1) is 0 Å². The fourth-order valence-electron chi connectivity index (χ4n) is 3.05. The molecule has 0 bridgehead atoms. The van der Waals surface area contributed by atoms with Crippen molar-refractivity contribution < 1.29 is 9.59 Å². The molecule has 4 nitrogen and oxygen atoms in total. The molecule has 0 heterocycles. The molecule has 2 rings (SSSR count). The molecule has 0 radical (unpaired) electrons. The van der Waals surface area contributed by atoms with Gasteiger partial charge >= 0.3 is 0 Å². The number of amides is 2. The lowest BCUT2D eigenvalue weighted by Gasteiger charge is -2.31. The normalized spacial score (nSPS) is 12.0. The monoisotopic (exact) mass is 468 g/mol. The van der Waals surface area contributed by atoms with Gasteiger partial charge in [0.05, 0.1) is 6.42 Å². The van der Waals surface area contributed by atoms with E-state index < -0.39 is 6.04 Å².